The minimum absolute atomic E-state index is 0. The zero-order chi connectivity index (χ0) is 8.58. The van der Waals surface area contributed by atoms with Crippen molar-refractivity contribution in [3.63, 3.8) is 0 Å². The molecule has 0 unspecified atom stereocenters. The number of hydrogen-bond acceptors (Lipinski definition) is 0. The minimum atomic E-state index is -0.221. The zero-order valence-corrected chi connectivity index (χ0v) is 10.5. The van der Waals surface area contributed by atoms with Gasteiger partial charge in [-0.05, 0) is 0 Å². The van der Waals surface area contributed by atoms with Crippen molar-refractivity contribution in [2.24, 2.45) is 0 Å². The number of hydrogen-bond donors (Lipinski definition) is 0. The van der Waals surface area contributed by atoms with Gasteiger partial charge in [0.25, 0.3) is 0 Å². The van der Waals surface area contributed by atoms with Gasteiger partial charge in [-0.25, -0.2) is 8.80 Å². The van der Waals surface area contributed by atoms with E-state index >= 15 is 0 Å². The van der Waals surface area contributed by atoms with Gasteiger partial charge < -0.3 is 0 Å². The zero-order valence-electron chi connectivity index (χ0n) is 9.50. The molecule has 0 fully saturated rings. The summed E-state index contributed by atoms with van der Waals surface area (Å²) in [6.07, 6.45) is 0. The van der Waals surface area contributed by atoms with Crippen LogP contribution in [-0.4, -0.2) is 8.80 Å². The molecule has 0 N–H and O–H groups in total. The summed E-state index contributed by atoms with van der Waals surface area (Å²) in [7, 11) is -0.221. The Hall–Kier alpha value is 0.814. The van der Waals surface area contributed by atoms with Crippen molar-refractivity contribution in [3.05, 3.63) is 0 Å². The van der Waals surface area contributed by atoms with Crippen LogP contribution in [0.4, 0.5) is 0 Å². The van der Waals surface area contributed by atoms with Crippen molar-refractivity contribution in [2.45, 2.75) is 58.2 Å². The molecule has 0 aromatic heterocycles. The third-order valence-electron chi connectivity index (χ3n) is 2.25. The molecule has 0 atom stereocenters. The maximum absolute atomic E-state index is 2.44. The molecule has 0 heterocycles. The minimum Gasteiger partial charge on any atom is -0.250 e. The van der Waals surface area contributed by atoms with Gasteiger partial charge >= 0.3 is 18.9 Å². The molecule has 11 heavy (non-hydrogen) atoms. The molecular weight excluding hydrogens is 143 g/mol. The van der Waals surface area contributed by atoms with Crippen LogP contribution in [0.2, 0.25) is 16.6 Å². The van der Waals surface area contributed by atoms with Crippen LogP contribution >= 0.6 is 0 Å². The summed E-state index contributed by atoms with van der Waals surface area (Å²) in [5.41, 5.74) is 0. The normalized spacial score (nSPS) is 13.1. The van der Waals surface area contributed by atoms with E-state index in [1.807, 2.05) is 0 Å². The smallest absolute Gasteiger partial charge is 0.250 e. The fraction of sp³-hybridized carbons (Fsp3) is 1.00. The monoisotopic (exact) mass is 164 g/mol. The molecular formula is C9H21LiSi. The second kappa shape index (κ2) is 4.17. The first kappa shape index (κ1) is 14.3. The van der Waals surface area contributed by atoms with Crippen molar-refractivity contribution in [1.82, 2.24) is 0 Å². The summed E-state index contributed by atoms with van der Waals surface area (Å²) < 4.78 is 0. The molecule has 62 valence electrons. The Balaban J connectivity index is 0. The first-order valence-electron chi connectivity index (χ1n) is 4.00. The topological polar surface area (TPSA) is 0 Å². The van der Waals surface area contributed by atoms with Crippen molar-refractivity contribution in [1.29, 1.82) is 0 Å². The van der Waals surface area contributed by atoms with Gasteiger partial charge in [-0.15, -0.1) is 0 Å². The van der Waals surface area contributed by atoms with Crippen LogP contribution in [0.25, 0.3) is 0 Å². The Bertz CT molecular complexity index is 93.7. The molecule has 0 saturated carbocycles. The average Bonchev–Trinajstić information content (AvgIpc) is 1.59. The fourth-order valence-electron chi connectivity index (χ4n) is 1.12. The SMILES string of the molecule is C[Si-](C(C)(C)C)C(C)(C)C.[Li+]. The van der Waals surface area contributed by atoms with Gasteiger partial charge in [0.2, 0.25) is 0 Å². The molecule has 0 amide bonds. The predicted octanol–water partition coefficient (Wildman–Crippen LogP) is 0.715. The fourth-order valence-corrected chi connectivity index (χ4v) is 3.38. The first-order valence-corrected chi connectivity index (χ1v) is 6.00. The molecule has 0 rings (SSSR count). The van der Waals surface area contributed by atoms with Crippen molar-refractivity contribution in [3.8, 4) is 0 Å². The quantitative estimate of drug-likeness (QED) is 0.463. The molecule has 0 spiro atoms. The van der Waals surface area contributed by atoms with Crippen LogP contribution in [0.15, 0.2) is 0 Å². The van der Waals surface area contributed by atoms with Crippen LogP contribution in [0.1, 0.15) is 41.5 Å². The molecule has 0 aromatic carbocycles. The van der Waals surface area contributed by atoms with Gasteiger partial charge in [-0.3, -0.25) is 0 Å². The maximum atomic E-state index is 2.44. The van der Waals surface area contributed by atoms with E-state index in [1.54, 1.807) is 0 Å². The van der Waals surface area contributed by atoms with E-state index in [9.17, 15) is 0 Å². The average molecular weight is 164 g/mol. The summed E-state index contributed by atoms with van der Waals surface area (Å²) >= 11 is 0. The van der Waals surface area contributed by atoms with E-state index < -0.39 is 0 Å². The molecule has 2 heteroatoms. The van der Waals surface area contributed by atoms with Gasteiger partial charge in [0.15, 0.2) is 0 Å². The van der Waals surface area contributed by atoms with Gasteiger partial charge in [0.05, 0.1) is 0 Å². The summed E-state index contributed by atoms with van der Waals surface area (Å²) in [6, 6.07) is 0. The summed E-state index contributed by atoms with van der Waals surface area (Å²) in [4.78, 5) is 0. The second-order valence-corrected chi connectivity index (χ2v) is 9.38. The van der Waals surface area contributed by atoms with E-state index in [-0.39, 0.29) is 27.7 Å². The van der Waals surface area contributed by atoms with Gasteiger partial charge in [0.1, 0.15) is 0 Å². The summed E-state index contributed by atoms with van der Waals surface area (Å²) in [5, 5.41) is 1.09. The summed E-state index contributed by atoms with van der Waals surface area (Å²) in [6.45, 7) is 16.6. The Morgan fingerprint density at radius 1 is 0.727 bits per heavy atom. The molecule has 0 saturated heterocycles. The standard InChI is InChI=1S/C9H21Si.Li/c1-8(2,3)10(7)9(4,5)6;/h1-7H3;/q-1;+1. The Kier molecular flexibility index (Phi) is 5.43. The third-order valence-corrected chi connectivity index (χ3v) is 6.75. The first-order chi connectivity index (χ1) is 4.15. The summed E-state index contributed by atoms with van der Waals surface area (Å²) in [5.74, 6) is 0. The molecule has 0 aliphatic heterocycles. The Labute approximate surface area is 85.9 Å². The van der Waals surface area contributed by atoms with Crippen LogP contribution in [0.3, 0.4) is 0 Å². The maximum Gasteiger partial charge on any atom is 1.00 e. The van der Waals surface area contributed by atoms with Crippen LogP contribution in [0.5, 0.6) is 0 Å². The van der Waals surface area contributed by atoms with E-state index in [1.165, 1.54) is 0 Å². The van der Waals surface area contributed by atoms with Gasteiger partial charge in [0, 0.05) is 0 Å². The Morgan fingerprint density at radius 2 is 0.909 bits per heavy atom. The molecule has 0 aromatic rings. The van der Waals surface area contributed by atoms with Crippen LogP contribution < -0.4 is 18.9 Å². The van der Waals surface area contributed by atoms with E-state index in [0.717, 1.165) is 0 Å². The molecule has 0 radical (unpaired) electrons. The van der Waals surface area contributed by atoms with Crippen molar-refractivity contribution < 1.29 is 18.9 Å². The van der Waals surface area contributed by atoms with Crippen LogP contribution in [0, 0.1) is 0 Å². The van der Waals surface area contributed by atoms with Crippen LogP contribution in [-0.2, 0) is 0 Å². The van der Waals surface area contributed by atoms with Gasteiger partial charge in [-0.2, -0.15) is 16.6 Å². The van der Waals surface area contributed by atoms with Crippen molar-refractivity contribution in [2.75, 3.05) is 0 Å². The molecule has 0 nitrogen and oxygen atoms in total. The largest absolute Gasteiger partial charge is 1.00 e. The van der Waals surface area contributed by atoms with E-state index in [0.29, 0.717) is 10.1 Å². The van der Waals surface area contributed by atoms with E-state index in [4.69, 9.17) is 0 Å². The second-order valence-electron chi connectivity index (χ2n) is 5.12. The Morgan fingerprint density at radius 3 is 0.909 bits per heavy atom. The van der Waals surface area contributed by atoms with Crippen molar-refractivity contribution >= 4 is 8.80 Å². The van der Waals surface area contributed by atoms with Gasteiger partial charge in [-0.1, -0.05) is 41.5 Å². The molecule has 0 aliphatic carbocycles. The molecule has 0 aliphatic rings. The number of rotatable bonds is 0. The predicted molar refractivity (Wildman–Crippen MR) is 51.0 cm³/mol. The van der Waals surface area contributed by atoms with E-state index in [2.05, 4.69) is 48.1 Å². The molecule has 0 bridgehead atoms. The third kappa shape index (κ3) is 5.12.